The number of nitrogens with one attached hydrogen (secondary N) is 2. The number of guanidine groups is 1. The van der Waals surface area contributed by atoms with Gasteiger partial charge >= 0.3 is 0 Å². The Morgan fingerprint density at radius 2 is 2.08 bits per heavy atom. The lowest BCUT2D eigenvalue weighted by molar-refractivity contribution is 0.380. The average Bonchev–Trinajstić information content (AvgIpc) is 3.04. The number of aromatic nitrogens is 2. The van der Waals surface area contributed by atoms with E-state index in [-0.39, 0.29) is 24.0 Å². The maximum Gasteiger partial charge on any atom is 0.248 e. The Morgan fingerprint density at radius 3 is 2.71 bits per heavy atom. The van der Waals surface area contributed by atoms with Crippen LogP contribution in [0, 0.1) is 5.92 Å². The van der Waals surface area contributed by atoms with Gasteiger partial charge in [-0.25, -0.2) is 4.99 Å². The molecular weight excluding hydrogens is 441 g/mol. The molecule has 6 nitrogen and oxygen atoms in total. The minimum absolute atomic E-state index is 0. The number of benzene rings is 1. The summed E-state index contributed by atoms with van der Waals surface area (Å²) in [4.78, 5) is 8.86. The maximum atomic E-state index is 5.88. The van der Waals surface area contributed by atoms with Crippen LogP contribution in [0.15, 0.2) is 33.8 Å². The molecule has 0 aliphatic heterocycles. The molecule has 8 heteroatoms. The quantitative estimate of drug-likeness (QED) is 0.405. The minimum Gasteiger partial charge on any atom is -0.357 e. The molecule has 1 aromatic carbocycles. The lowest BCUT2D eigenvalue weighted by Crippen LogP contribution is -2.39. The summed E-state index contributed by atoms with van der Waals surface area (Å²) in [7, 11) is 0. The third kappa shape index (κ3) is 5.07. The molecule has 1 saturated carbocycles. The highest BCUT2D eigenvalue weighted by Crippen LogP contribution is 2.28. The fourth-order valence-corrected chi connectivity index (χ4v) is 2.33. The van der Waals surface area contributed by atoms with E-state index < -0.39 is 0 Å². The van der Waals surface area contributed by atoms with Crippen LogP contribution in [0.4, 0.5) is 0 Å². The molecule has 2 atom stereocenters. The number of hydrogen-bond donors (Lipinski definition) is 2. The third-order valence-corrected chi connectivity index (χ3v) is 3.97. The van der Waals surface area contributed by atoms with E-state index >= 15 is 0 Å². The van der Waals surface area contributed by atoms with Crippen LogP contribution in [0.5, 0.6) is 0 Å². The first-order valence-corrected chi connectivity index (χ1v) is 8.17. The van der Waals surface area contributed by atoms with Crippen molar-refractivity contribution in [1.82, 2.24) is 20.8 Å². The SMILES string of the molecule is CCNC(=NCc1nc(-c2ccc(Cl)cc2)no1)NC1CC1C.I. The first-order chi connectivity index (χ1) is 11.2. The van der Waals surface area contributed by atoms with E-state index in [4.69, 9.17) is 16.1 Å². The van der Waals surface area contributed by atoms with Crippen LogP contribution in [0.25, 0.3) is 11.4 Å². The highest BCUT2D eigenvalue weighted by atomic mass is 127. The third-order valence-electron chi connectivity index (χ3n) is 3.72. The van der Waals surface area contributed by atoms with E-state index in [1.165, 1.54) is 6.42 Å². The molecule has 1 fully saturated rings. The van der Waals surface area contributed by atoms with Crippen molar-refractivity contribution in [1.29, 1.82) is 0 Å². The van der Waals surface area contributed by atoms with E-state index in [2.05, 4.69) is 32.7 Å². The molecular formula is C16H21ClIN5O. The van der Waals surface area contributed by atoms with Gasteiger partial charge in [0.15, 0.2) is 5.96 Å². The van der Waals surface area contributed by atoms with Gasteiger partial charge in [-0.05, 0) is 43.5 Å². The van der Waals surface area contributed by atoms with Crippen molar-refractivity contribution in [2.45, 2.75) is 32.9 Å². The zero-order chi connectivity index (χ0) is 16.2. The zero-order valence-corrected chi connectivity index (χ0v) is 16.7. The van der Waals surface area contributed by atoms with E-state index in [1.807, 2.05) is 19.1 Å². The van der Waals surface area contributed by atoms with Gasteiger partial charge < -0.3 is 15.2 Å². The number of rotatable bonds is 5. The van der Waals surface area contributed by atoms with E-state index in [1.54, 1.807) is 12.1 Å². The molecule has 24 heavy (non-hydrogen) atoms. The van der Waals surface area contributed by atoms with Gasteiger partial charge in [-0.1, -0.05) is 23.7 Å². The summed E-state index contributed by atoms with van der Waals surface area (Å²) in [6, 6.07) is 7.84. The van der Waals surface area contributed by atoms with Crippen molar-refractivity contribution in [3.8, 4) is 11.4 Å². The van der Waals surface area contributed by atoms with Crippen molar-refractivity contribution in [2.75, 3.05) is 6.54 Å². The van der Waals surface area contributed by atoms with Gasteiger partial charge in [-0.2, -0.15) is 4.98 Å². The van der Waals surface area contributed by atoms with Crippen LogP contribution >= 0.6 is 35.6 Å². The largest absolute Gasteiger partial charge is 0.357 e. The first-order valence-electron chi connectivity index (χ1n) is 7.79. The van der Waals surface area contributed by atoms with Crippen LogP contribution in [-0.4, -0.2) is 28.7 Å². The fraction of sp³-hybridized carbons (Fsp3) is 0.438. The van der Waals surface area contributed by atoms with Gasteiger partial charge in [-0.3, -0.25) is 0 Å². The predicted octanol–water partition coefficient (Wildman–Crippen LogP) is 3.47. The summed E-state index contributed by atoms with van der Waals surface area (Å²) in [6.45, 7) is 5.42. The van der Waals surface area contributed by atoms with Crippen LogP contribution < -0.4 is 10.6 Å². The van der Waals surface area contributed by atoms with E-state index in [9.17, 15) is 0 Å². The number of aliphatic imine (C=N–C) groups is 1. The Morgan fingerprint density at radius 1 is 1.38 bits per heavy atom. The summed E-state index contributed by atoms with van der Waals surface area (Å²) in [5, 5.41) is 11.3. The fourth-order valence-electron chi connectivity index (χ4n) is 2.20. The molecule has 1 aliphatic carbocycles. The van der Waals surface area contributed by atoms with Gasteiger partial charge in [0.2, 0.25) is 11.7 Å². The first kappa shape index (κ1) is 19.0. The maximum absolute atomic E-state index is 5.88. The molecule has 130 valence electrons. The predicted molar refractivity (Wildman–Crippen MR) is 106 cm³/mol. The molecule has 2 unspecified atom stereocenters. The van der Waals surface area contributed by atoms with Crippen molar-refractivity contribution in [3.05, 3.63) is 35.2 Å². The van der Waals surface area contributed by atoms with E-state index in [0.717, 1.165) is 18.1 Å². The molecule has 0 saturated heterocycles. The molecule has 0 radical (unpaired) electrons. The molecule has 0 spiro atoms. The van der Waals surface area contributed by atoms with Crippen LogP contribution in [0.2, 0.25) is 5.02 Å². The lowest BCUT2D eigenvalue weighted by Gasteiger charge is -2.09. The Bertz CT molecular complexity index is 688. The second kappa shape index (κ2) is 8.66. The Hall–Kier alpha value is -1.35. The van der Waals surface area contributed by atoms with Gasteiger partial charge in [0.05, 0.1) is 0 Å². The van der Waals surface area contributed by atoms with Crippen molar-refractivity contribution in [3.63, 3.8) is 0 Å². The smallest absolute Gasteiger partial charge is 0.248 e. The number of hydrogen-bond acceptors (Lipinski definition) is 4. The second-order valence-electron chi connectivity index (χ2n) is 5.68. The summed E-state index contributed by atoms with van der Waals surface area (Å²) in [6.07, 6.45) is 1.19. The molecule has 1 heterocycles. The normalized spacial score (nSPS) is 19.5. The van der Waals surface area contributed by atoms with Gasteiger partial charge in [-0.15, -0.1) is 24.0 Å². The Balaban J connectivity index is 0.00000208. The topological polar surface area (TPSA) is 75.3 Å². The lowest BCUT2D eigenvalue weighted by atomic mass is 10.2. The van der Waals surface area contributed by atoms with Crippen molar-refractivity contribution >= 4 is 41.5 Å². The Kier molecular flexibility index (Phi) is 6.85. The Labute approximate surface area is 163 Å². The highest BCUT2D eigenvalue weighted by molar-refractivity contribution is 14.0. The van der Waals surface area contributed by atoms with Crippen molar-refractivity contribution < 1.29 is 4.52 Å². The summed E-state index contributed by atoms with van der Waals surface area (Å²) >= 11 is 5.88. The van der Waals surface area contributed by atoms with Crippen LogP contribution in [0.1, 0.15) is 26.2 Å². The molecule has 1 aromatic heterocycles. The number of nitrogens with zero attached hydrogens (tertiary/aromatic N) is 3. The average molecular weight is 462 g/mol. The van der Waals surface area contributed by atoms with Gasteiger partial charge in [0, 0.05) is 23.2 Å². The molecule has 1 aliphatic rings. The van der Waals surface area contributed by atoms with Gasteiger partial charge in [0.25, 0.3) is 0 Å². The zero-order valence-electron chi connectivity index (χ0n) is 13.6. The molecule has 2 N–H and O–H groups in total. The second-order valence-corrected chi connectivity index (χ2v) is 6.11. The van der Waals surface area contributed by atoms with Crippen LogP contribution in [-0.2, 0) is 6.54 Å². The molecule has 3 rings (SSSR count). The number of halogens is 2. The molecule has 2 aromatic rings. The summed E-state index contributed by atoms with van der Waals surface area (Å²) in [5.41, 5.74) is 0.866. The summed E-state index contributed by atoms with van der Waals surface area (Å²) in [5.74, 6) is 2.52. The highest BCUT2D eigenvalue weighted by Gasteiger charge is 2.33. The van der Waals surface area contributed by atoms with Crippen LogP contribution in [0.3, 0.4) is 0 Å². The monoisotopic (exact) mass is 461 g/mol. The standard InChI is InChI=1S/C16H20ClN5O.HI/c1-3-18-16(20-13-8-10(13)2)19-9-14-21-15(22-23-14)11-4-6-12(17)7-5-11;/h4-7,10,13H,3,8-9H2,1-2H3,(H2,18,19,20);1H. The van der Waals surface area contributed by atoms with E-state index in [0.29, 0.717) is 35.2 Å². The molecule has 0 amide bonds. The molecule has 0 bridgehead atoms. The van der Waals surface area contributed by atoms with Gasteiger partial charge in [0.1, 0.15) is 6.54 Å². The summed E-state index contributed by atoms with van der Waals surface area (Å²) < 4.78 is 5.26. The van der Waals surface area contributed by atoms with Crippen molar-refractivity contribution in [2.24, 2.45) is 10.9 Å². The minimum atomic E-state index is 0.